The van der Waals surface area contributed by atoms with Crippen LogP contribution in [0.15, 0.2) is 47.1 Å². The van der Waals surface area contributed by atoms with Gasteiger partial charge in [0, 0.05) is 6.54 Å². The highest BCUT2D eigenvalue weighted by Crippen LogP contribution is 2.13. The van der Waals surface area contributed by atoms with Gasteiger partial charge in [-0.1, -0.05) is 29.8 Å². The Morgan fingerprint density at radius 1 is 1.25 bits per heavy atom. The van der Waals surface area contributed by atoms with Gasteiger partial charge in [-0.25, -0.2) is 0 Å². The van der Waals surface area contributed by atoms with Gasteiger partial charge < -0.3 is 9.73 Å². The number of rotatable bonds is 4. The molecule has 2 rings (SSSR count). The maximum Gasteiger partial charge on any atom is 0.120 e. The molecule has 0 radical (unpaired) electrons. The van der Waals surface area contributed by atoms with Crippen molar-refractivity contribution >= 4 is 0 Å². The summed E-state index contributed by atoms with van der Waals surface area (Å²) in [6.07, 6.45) is 1.71. The van der Waals surface area contributed by atoms with Crippen LogP contribution in [-0.4, -0.2) is 0 Å². The molecule has 0 fully saturated rings. The monoisotopic (exact) mass is 215 g/mol. The first-order valence-electron chi connectivity index (χ1n) is 5.58. The minimum atomic E-state index is 0.246. The Hall–Kier alpha value is -1.54. The summed E-state index contributed by atoms with van der Waals surface area (Å²) >= 11 is 0. The molecule has 1 unspecified atom stereocenters. The lowest BCUT2D eigenvalue weighted by Crippen LogP contribution is -2.17. The van der Waals surface area contributed by atoms with E-state index in [1.807, 2.05) is 12.1 Å². The lowest BCUT2D eigenvalue weighted by Gasteiger charge is -2.11. The Balaban J connectivity index is 1.92. The lowest BCUT2D eigenvalue weighted by molar-refractivity contribution is 0.430. The quantitative estimate of drug-likeness (QED) is 0.845. The number of hydrogen-bond donors (Lipinski definition) is 1. The zero-order valence-electron chi connectivity index (χ0n) is 9.73. The van der Waals surface area contributed by atoms with Gasteiger partial charge >= 0.3 is 0 Å². The summed E-state index contributed by atoms with van der Waals surface area (Å²) in [5, 5.41) is 3.43. The maximum absolute atomic E-state index is 5.34. The molecule has 0 bridgehead atoms. The fourth-order valence-corrected chi connectivity index (χ4v) is 1.73. The first-order chi connectivity index (χ1) is 7.75. The summed E-state index contributed by atoms with van der Waals surface area (Å²) in [6, 6.07) is 12.7. The molecular weight excluding hydrogens is 198 g/mol. The van der Waals surface area contributed by atoms with Gasteiger partial charge in [0.25, 0.3) is 0 Å². The van der Waals surface area contributed by atoms with Crippen molar-refractivity contribution in [1.29, 1.82) is 0 Å². The van der Waals surface area contributed by atoms with Crippen LogP contribution >= 0.6 is 0 Å². The van der Waals surface area contributed by atoms with Crippen molar-refractivity contribution in [3.8, 4) is 0 Å². The molecule has 0 amide bonds. The number of nitrogens with one attached hydrogen (secondary N) is 1. The lowest BCUT2D eigenvalue weighted by atomic mass is 10.1. The van der Waals surface area contributed by atoms with Crippen LogP contribution in [0.4, 0.5) is 0 Å². The second-order valence-electron chi connectivity index (χ2n) is 4.11. The highest BCUT2D eigenvalue weighted by Gasteiger charge is 2.06. The van der Waals surface area contributed by atoms with Gasteiger partial charge in [0.15, 0.2) is 0 Å². The van der Waals surface area contributed by atoms with Gasteiger partial charge in [0.05, 0.1) is 12.3 Å². The molecule has 84 valence electrons. The van der Waals surface area contributed by atoms with E-state index in [1.165, 1.54) is 11.1 Å². The number of benzene rings is 1. The van der Waals surface area contributed by atoms with Crippen LogP contribution < -0.4 is 5.32 Å². The van der Waals surface area contributed by atoms with Crippen molar-refractivity contribution in [2.75, 3.05) is 0 Å². The predicted octanol–water partition coefficient (Wildman–Crippen LogP) is 3.44. The highest BCUT2D eigenvalue weighted by atomic mass is 16.3. The Kier molecular flexibility index (Phi) is 3.42. The van der Waals surface area contributed by atoms with Gasteiger partial charge in [-0.15, -0.1) is 0 Å². The number of furan rings is 1. The summed E-state index contributed by atoms with van der Waals surface area (Å²) in [4.78, 5) is 0. The third-order valence-corrected chi connectivity index (χ3v) is 2.66. The predicted molar refractivity (Wildman–Crippen MR) is 65.1 cm³/mol. The van der Waals surface area contributed by atoms with E-state index in [2.05, 4.69) is 43.4 Å². The van der Waals surface area contributed by atoms with Crippen LogP contribution in [0.25, 0.3) is 0 Å². The van der Waals surface area contributed by atoms with E-state index in [0.717, 1.165) is 12.3 Å². The van der Waals surface area contributed by atoms with E-state index in [-0.39, 0.29) is 6.04 Å². The first-order valence-corrected chi connectivity index (χ1v) is 5.58. The summed E-state index contributed by atoms with van der Waals surface area (Å²) in [7, 11) is 0. The minimum Gasteiger partial charge on any atom is -0.468 e. The van der Waals surface area contributed by atoms with Crippen molar-refractivity contribution in [2.45, 2.75) is 26.4 Å². The number of aryl methyl sites for hydroxylation is 1. The molecule has 2 aromatic rings. The van der Waals surface area contributed by atoms with Crippen LogP contribution in [0.1, 0.15) is 29.9 Å². The summed E-state index contributed by atoms with van der Waals surface area (Å²) < 4.78 is 5.34. The van der Waals surface area contributed by atoms with Crippen molar-refractivity contribution < 1.29 is 4.42 Å². The molecule has 1 atom stereocenters. The molecule has 2 heteroatoms. The van der Waals surface area contributed by atoms with Crippen LogP contribution in [0.5, 0.6) is 0 Å². The Bertz CT molecular complexity index is 434. The molecule has 2 nitrogen and oxygen atoms in total. The summed E-state index contributed by atoms with van der Waals surface area (Å²) in [5.41, 5.74) is 2.60. The molecule has 16 heavy (non-hydrogen) atoms. The Morgan fingerprint density at radius 2 is 2.12 bits per heavy atom. The van der Waals surface area contributed by atoms with Crippen LogP contribution in [0.3, 0.4) is 0 Å². The second-order valence-corrected chi connectivity index (χ2v) is 4.11. The van der Waals surface area contributed by atoms with Crippen molar-refractivity contribution in [2.24, 2.45) is 0 Å². The van der Waals surface area contributed by atoms with Crippen molar-refractivity contribution in [3.63, 3.8) is 0 Å². The normalized spacial score (nSPS) is 12.6. The van der Waals surface area contributed by atoms with Gasteiger partial charge in [-0.05, 0) is 31.5 Å². The molecule has 0 aliphatic rings. The average molecular weight is 215 g/mol. The maximum atomic E-state index is 5.34. The molecule has 1 heterocycles. The standard InChI is InChI=1S/C14H17NO/c1-11-5-3-6-13(9-11)10-15-12(2)14-7-4-8-16-14/h3-9,12,15H,10H2,1-2H3. The van der Waals surface area contributed by atoms with Crippen LogP contribution in [-0.2, 0) is 6.54 Å². The third kappa shape index (κ3) is 2.74. The van der Waals surface area contributed by atoms with Crippen molar-refractivity contribution in [3.05, 3.63) is 59.5 Å². The SMILES string of the molecule is Cc1cccc(CNC(C)c2ccco2)c1. The van der Waals surface area contributed by atoms with E-state index >= 15 is 0 Å². The van der Waals surface area contributed by atoms with Gasteiger partial charge in [-0.2, -0.15) is 0 Å². The average Bonchev–Trinajstić information content (AvgIpc) is 2.79. The van der Waals surface area contributed by atoms with Crippen molar-refractivity contribution in [1.82, 2.24) is 5.32 Å². The second kappa shape index (κ2) is 4.99. The van der Waals surface area contributed by atoms with E-state index < -0.39 is 0 Å². The summed E-state index contributed by atoms with van der Waals surface area (Å²) in [6.45, 7) is 5.08. The third-order valence-electron chi connectivity index (χ3n) is 2.66. The van der Waals surface area contributed by atoms with Gasteiger partial charge in [0.1, 0.15) is 5.76 Å². The molecule has 1 aromatic carbocycles. The molecular formula is C14H17NO. The fourth-order valence-electron chi connectivity index (χ4n) is 1.73. The molecule has 0 aliphatic carbocycles. The minimum absolute atomic E-state index is 0.246. The largest absolute Gasteiger partial charge is 0.468 e. The van der Waals surface area contributed by atoms with Gasteiger partial charge in [-0.3, -0.25) is 0 Å². The van der Waals surface area contributed by atoms with E-state index in [4.69, 9.17) is 4.42 Å². The molecule has 1 N–H and O–H groups in total. The number of hydrogen-bond acceptors (Lipinski definition) is 2. The Labute approximate surface area is 96.3 Å². The van der Waals surface area contributed by atoms with E-state index in [9.17, 15) is 0 Å². The van der Waals surface area contributed by atoms with Crippen LogP contribution in [0, 0.1) is 6.92 Å². The van der Waals surface area contributed by atoms with Gasteiger partial charge in [0.2, 0.25) is 0 Å². The molecule has 0 aliphatic heterocycles. The van der Waals surface area contributed by atoms with Crippen LogP contribution in [0.2, 0.25) is 0 Å². The topological polar surface area (TPSA) is 25.2 Å². The zero-order valence-corrected chi connectivity index (χ0v) is 9.73. The highest BCUT2D eigenvalue weighted by molar-refractivity contribution is 5.22. The summed E-state index contributed by atoms with van der Waals surface area (Å²) in [5.74, 6) is 0.979. The molecule has 0 saturated carbocycles. The molecule has 0 spiro atoms. The van der Waals surface area contributed by atoms with E-state index in [1.54, 1.807) is 6.26 Å². The smallest absolute Gasteiger partial charge is 0.120 e. The Morgan fingerprint density at radius 3 is 2.81 bits per heavy atom. The first kappa shape index (κ1) is 11.0. The molecule has 1 aromatic heterocycles. The fraction of sp³-hybridized carbons (Fsp3) is 0.286. The molecule has 0 saturated heterocycles. The zero-order chi connectivity index (χ0) is 11.4. The van der Waals surface area contributed by atoms with E-state index in [0.29, 0.717) is 0 Å².